The lowest BCUT2D eigenvalue weighted by Crippen LogP contribution is -2.50. The highest BCUT2D eigenvalue weighted by Gasteiger charge is 2.69. The van der Waals surface area contributed by atoms with Crippen molar-refractivity contribution in [2.24, 2.45) is 17.3 Å². The number of nitrogens with zero attached hydrogens (tertiary/aromatic N) is 3. The molecular weight excluding hydrogens is 497 g/mol. The lowest BCUT2D eigenvalue weighted by atomic mass is 9.98. The fourth-order valence-electron chi connectivity index (χ4n) is 5.96. The first-order chi connectivity index (χ1) is 17.2. The highest BCUT2D eigenvalue weighted by Crippen LogP contribution is 2.65. The average Bonchev–Trinajstić information content (AvgIpc) is 3.64. The molecule has 2 aromatic heterocycles. The van der Waals surface area contributed by atoms with Crippen molar-refractivity contribution in [3.05, 3.63) is 63.7 Å². The number of nitriles is 1. The first kappa shape index (κ1) is 23.3. The predicted octanol–water partition coefficient (Wildman–Crippen LogP) is 5.22. The number of halogens is 2. The number of carbonyl (C=O) groups is 2. The summed E-state index contributed by atoms with van der Waals surface area (Å²) in [6.45, 7) is 4.78. The van der Waals surface area contributed by atoms with Crippen LogP contribution in [0.1, 0.15) is 60.4 Å². The van der Waals surface area contributed by atoms with Crippen molar-refractivity contribution in [3.63, 3.8) is 0 Å². The van der Waals surface area contributed by atoms with Crippen LogP contribution in [0.3, 0.4) is 0 Å². The summed E-state index contributed by atoms with van der Waals surface area (Å²) < 4.78 is 0. The quantitative estimate of drug-likeness (QED) is 0.480. The van der Waals surface area contributed by atoms with Gasteiger partial charge in [-0.2, -0.15) is 5.26 Å². The van der Waals surface area contributed by atoms with E-state index in [1.165, 1.54) is 0 Å². The van der Waals surface area contributed by atoms with Crippen LogP contribution in [-0.4, -0.2) is 39.3 Å². The number of H-pyrrole nitrogens is 1. The highest BCUT2D eigenvalue weighted by molar-refractivity contribution is 6.45. The second-order valence-corrected chi connectivity index (χ2v) is 11.5. The van der Waals surface area contributed by atoms with Crippen molar-refractivity contribution in [1.82, 2.24) is 20.2 Å². The number of pyridine rings is 1. The van der Waals surface area contributed by atoms with Gasteiger partial charge in [-0.25, -0.2) is 0 Å². The number of amides is 2. The molecule has 3 fully saturated rings. The van der Waals surface area contributed by atoms with E-state index in [0.29, 0.717) is 44.5 Å². The van der Waals surface area contributed by atoms with Crippen LogP contribution in [0.5, 0.6) is 0 Å². The number of aromatic nitrogens is 2. The zero-order chi connectivity index (χ0) is 25.4. The van der Waals surface area contributed by atoms with Gasteiger partial charge in [0.1, 0.15) is 17.8 Å². The minimum absolute atomic E-state index is 0.0394. The lowest BCUT2D eigenvalue weighted by molar-refractivity contribution is -0.126. The normalized spacial score (nSPS) is 24.8. The predicted molar refractivity (Wildman–Crippen MR) is 137 cm³/mol. The summed E-state index contributed by atoms with van der Waals surface area (Å²) in [6.07, 6.45) is 5.42. The molecule has 3 aromatic rings. The third-order valence-electron chi connectivity index (χ3n) is 8.28. The Kier molecular flexibility index (Phi) is 5.33. The van der Waals surface area contributed by atoms with E-state index >= 15 is 0 Å². The van der Waals surface area contributed by atoms with E-state index in [-0.39, 0.29) is 29.1 Å². The molecule has 4 atom stereocenters. The molecule has 1 aliphatic heterocycles. The lowest BCUT2D eigenvalue weighted by Gasteiger charge is -2.30. The van der Waals surface area contributed by atoms with Crippen LogP contribution in [0.4, 0.5) is 0 Å². The van der Waals surface area contributed by atoms with Crippen LogP contribution < -0.4 is 5.32 Å². The molecule has 1 unspecified atom stereocenters. The van der Waals surface area contributed by atoms with Crippen molar-refractivity contribution in [2.75, 3.05) is 6.54 Å². The summed E-state index contributed by atoms with van der Waals surface area (Å²) in [4.78, 5) is 36.3. The van der Waals surface area contributed by atoms with E-state index in [9.17, 15) is 14.9 Å². The minimum atomic E-state index is -0.962. The van der Waals surface area contributed by atoms with E-state index in [4.69, 9.17) is 23.2 Å². The van der Waals surface area contributed by atoms with Crippen molar-refractivity contribution in [2.45, 2.75) is 44.7 Å². The Morgan fingerprint density at radius 3 is 2.69 bits per heavy atom. The number of piperidine rings is 1. The zero-order valence-corrected chi connectivity index (χ0v) is 21.4. The molecule has 0 spiro atoms. The summed E-state index contributed by atoms with van der Waals surface area (Å²) in [6, 6.07) is 7.79. The van der Waals surface area contributed by atoms with Gasteiger partial charge in [0.05, 0.1) is 16.1 Å². The maximum atomic E-state index is 13.7. The van der Waals surface area contributed by atoms with E-state index in [0.717, 1.165) is 18.5 Å². The fraction of sp³-hybridized carbons (Fsp3) is 0.407. The molecule has 184 valence electrons. The van der Waals surface area contributed by atoms with Gasteiger partial charge in [0, 0.05) is 35.6 Å². The van der Waals surface area contributed by atoms with E-state index < -0.39 is 12.1 Å². The van der Waals surface area contributed by atoms with Crippen molar-refractivity contribution >= 4 is 45.8 Å². The number of hydrogen-bond donors (Lipinski definition) is 2. The maximum absolute atomic E-state index is 13.7. The number of benzene rings is 1. The molecule has 0 bridgehead atoms. The number of nitrogens with one attached hydrogen (secondary N) is 2. The Bertz CT molecular complexity index is 1450. The Morgan fingerprint density at radius 2 is 1.97 bits per heavy atom. The van der Waals surface area contributed by atoms with Crippen LogP contribution in [0, 0.1) is 28.6 Å². The molecule has 2 N–H and O–H groups in total. The molecule has 2 amide bonds. The van der Waals surface area contributed by atoms with Gasteiger partial charge in [-0.3, -0.25) is 14.6 Å². The van der Waals surface area contributed by atoms with Gasteiger partial charge >= 0.3 is 0 Å². The molecule has 2 saturated carbocycles. The van der Waals surface area contributed by atoms with E-state index in [2.05, 4.69) is 35.2 Å². The summed E-state index contributed by atoms with van der Waals surface area (Å²) in [5, 5.41) is 14.9. The highest BCUT2D eigenvalue weighted by atomic mass is 35.5. The van der Waals surface area contributed by atoms with Gasteiger partial charge in [-0.15, -0.1) is 0 Å². The third-order valence-corrected chi connectivity index (χ3v) is 9.10. The average molecular weight is 522 g/mol. The van der Waals surface area contributed by atoms with Crippen LogP contribution in [-0.2, 0) is 4.79 Å². The molecule has 2 aliphatic carbocycles. The molecule has 7 nitrogen and oxygen atoms in total. The molecule has 36 heavy (non-hydrogen) atoms. The van der Waals surface area contributed by atoms with Crippen LogP contribution in [0.15, 0.2) is 36.7 Å². The number of aromatic amines is 1. The molecule has 1 saturated heterocycles. The number of fused-ring (bicyclic) bond motifs is 2. The number of hydrogen-bond acceptors (Lipinski definition) is 4. The zero-order valence-electron chi connectivity index (χ0n) is 19.9. The third kappa shape index (κ3) is 3.58. The van der Waals surface area contributed by atoms with Crippen molar-refractivity contribution < 1.29 is 9.59 Å². The molecule has 3 aliphatic rings. The topological polar surface area (TPSA) is 102 Å². The minimum Gasteiger partial charge on any atom is -0.354 e. The Labute approximate surface area is 218 Å². The van der Waals surface area contributed by atoms with Crippen molar-refractivity contribution in [1.29, 1.82) is 5.26 Å². The van der Waals surface area contributed by atoms with Gasteiger partial charge in [-0.05, 0) is 59.6 Å². The Morgan fingerprint density at radius 1 is 1.19 bits per heavy atom. The summed E-state index contributed by atoms with van der Waals surface area (Å²) in [5.41, 5.74) is 2.08. The summed E-state index contributed by atoms with van der Waals surface area (Å²) in [5.74, 6) is 0.282. The van der Waals surface area contributed by atoms with Gasteiger partial charge in [-0.1, -0.05) is 43.1 Å². The Balaban J connectivity index is 1.29. The smallest absolute Gasteiger partial charge is 0.270 e. The van der Waals surface area contributed by atoms with Gasteiger partial charge in [0.15, 0.2) is 0 Å². The van der Waals surface area contributed by atoms with Crippen molar-refractivity contribution in [3.8, 4) is 6.07 Å². The van der Waals surface area contributed by atoms with E-state index in [1.54, 1.807) is 29.4 Å². The first-order valence-corrected chi connectivity index (χ1v) is 12.9. The second-order valence-electron chi connectivity index (χ2n) is 10.7. The number of likely N-dealkylation sites (tertiary alicyclic amines) is 1. The van der Waals surface area contributed by atoms with Gasteiger partial charge in [0.2, 0.25) is 5.91 Å². The monoisotopic (exact) mass is 521 g/mol. The number of rotatable bonds is 5. The largest absolute Gasteiger partial charge is 0.354 e. The van der Waals surface area contributed by atoms with E-state index in [1.807, 2.05) is 12.1 Å². The summed E-state index contributed by atoms with van der Waals surface area (Å²) >= 11 is 12.5. The van der Waals surface area contributed by atoms with Gasteiger partial charge < -0.3 is 15.2 Å². The molecule has 3 heterocycles. The Hall–Kier alpha value is -3.08. The van der Waals surface area contributed by atoms with Crippen LogP contribution in [0.2, 0.25) is 10.0 Å². The second kappa shape index (κ2) is 8.22. The molecular formula is C27H25Cl2N5O2. The molecule has 6 rings (SSSR count). The maximum Gasteiger partial charge on any atom is 0.270 e. The van der Waals surface area contributed by atoms with Crippen LogP contribution >= 0.6 is 23.2 Å². The number of carbonyl (C=O) groups excluding carboxylic acids is 2. The standard InChI is InChI=1S/C27H25Cl2N5O2/c1-27(2)17-12-34(26(36)20-8-7-19(32-20)13-3-4-13)24(22(17)27)25(35)33-21(9-30)15-10-31-11-16-14(15)5-6-18(28)23(16)29/h5-8,10-11,13,17,21-22,24,32H,3-4,12H2,1-2H3,(H,33,35)/t17-,21?,22-,24-/m0/s1. The molecule has 1 aromatic carbocycles. The first-order valence-electron chi connectivity index (χ1n) is 12.1. The van der Waals surface area contributed by atoms with Gasteiger partial charge in [0.25, 0.3) is 5.91 Å². The molecule has 9 heteroatoms. The summed E-state index contributed by atoms with van der Waals surface area (Å²) in [7, 11) is 0. The SMILES string of the molecule is CC1(C)[C@@H]2[C@@H](C(=O)NC(C#N)c3cncc4c(Cl)c(Cl)ccc34)N(C(=O)c3ccc(C4CC4)[nH]3)C[C@@H]21. The fourth-order valence-corrected chi connectivity index (χ4v) is 6.34. The van der Waals surface area contributed by atoms with Crippen LogP contribution in [0.25, 0.3) is 10.8 Å². The molecule has 0 radical (unpaired) electrons.